The van der Waals surface area contributed by atoms with Gasteiger partial charge in [0.05, 0.1) is 10.8 Å². The van der Waals surface area contributed by atoms with Gasteiger partial charge in [-0.25, -0.2) is 0 Å². The Balaban J connectivity index is 2.04. The molecule has 0 heterocycles. The van der Waals surface area contributed by atoms with Crippen molar-refractivity contribution in [2.75, 3.05) is 5.75 Å². The second kappa shape index (κ2) is 8.35. The Morgan fingerprint density at radius 3 is 2.11 bits per heavy atom. The molecule has 1 aromatic carbocycles. The van der Waals surface area contributed by atoms with E-state index in [2.05, 4.69) is 0 Å². The second-order valence-electron chi connectivity index (χ2n) is 4.50. The smallest absolute Gasteiger partial charge is 0.254 e. The molecule has 5 heteroatoms. The van der Waals surface area contributed by atoms with Crippen LogP contribution in [0, 0.1) is 0 Å². The lowest BCUT2D eigenvalue weighted by Crippen LogP contribution is -2.06. The molecule has 0 saturated carbocycles. The minimum absolute atomic E-state index is 0.200. The zero-order valence-corrected chi connectivity index (χ0v) is 11.6. The van der Waals surface area contributed by atoms with Crippen LogP contribution >= 0.6 is 0 Å². The van der Waals surface area contributed by atoms with Gasteiger partial charge in [0.25, 0.3) is 0 Å². The van der Waals surface area contributed by atoms with Gasteiger partial charge in [-0.05, 0) is 25.0 Å². The Labute approximate surface area is 114 Å². The maximum Gasteiger partial charge on any atom is 0.389 e. The summed E-state index contributed by atoms with van der Waals surface area (Å²) in [5.74, 6) is 0.587. The maximum absolute atomic E-state index is 11.9. The third-order valence-corrected chi connectivity index (χ3v) is 4.25. The monoisotopic (exact) mass is 292 g/mol. The Bertz CT molecular complexity index is 376. The van der Waals surface area contributed by atoms with E-state index < -0.39 is 23.4 Å². The molecule has 0 N–H and O–H groups in total. The average molecular weight is 292 g/mol. The Hall–Kier alpha value is -0.840. The van der Waals surface area contributed by atoms with E-state index in [1.54, 1.807) is 0 Å². The van der Waals surface area contributed by atoms with E-state index in [1.165, 1.54) is 0 Å². The van der Waals surface area contributed by atoms with Crippen LogP contribution in [0.5, 0.6) is 0 Å². The highest BCUT2D eigenvalue weighted by molar-refractivity contribution is 7.85. The van der Waals surface area contributed by atoms with Crippen molar-refractivity contribution < 1.29 is 17.4 Å². The van der Waals surface area contributed by atoms with Crippen LogP contribution in [0.3, 0.4) is 0 Å². The first-order chi connectivity index (χ1) is 8.99. The zero-order valence-electron chi connectivity index (χ0n) is 10.8. The lowest BCUT2D eigenvalue weighted by atomic mass is 10.1. The molecule has 1 aromatic rings. The highest BCUT2D eigenvalue weighted by atomic mass is 32.2. The van der Waals surface area contributed by atoms with Gasteiger partial charge < -0.3 is 0 Å². The standard InChI is InChI=1S/C14H19F3OS/c15-14(16,17)11-7-2-1-3-8-12-19(18)13-9-5-4-6-10-13/h4-6,9-10H,1-3,7-8,11-12H2. The number of rotatable bonds is 8. The van der Waals surface area contributed by atoms with Crippen molar-refractivity contribution in [2.24, 2.45) is 0 Å². The summed E-state index contributed by atoms with van der Waals surface area (Å²) in [5.41, 5.74) is 0. The third-order valence-electron chi connectivity index (χ3n) is 2.80. The van der Waals surface area contributed by atoms with E-state index in [-0.39, 0.29) is 6.42 Å². The quantitative estimate of drug-likeness (QED) is 0.635. The molecular weight excluding hydrogens is 273 g/mol. The van der Waals surface area contributed by atoms with Gasteiger partial charge in [-0.15, -0.1) is 0 Å². The van der Waals surface area contributed by atoms with Crippen molar-refractivity contribution in [3.63, 3.8) is 0 Å². The van der Waals surface area contributed by atoms with E-state index in [0.29, 0.717) is 12.2 Å². The molecule has 0 saturated heterocycles. The molecule has 0 bridgehead atoms. The van der Waals surface area contributed by atoms with E-state index in [4.69, 9.17) is 0 Å². The lowest BCUT2D eigenvalue weighted by molar-refractivity contribution is -0.135. The van der Waals surface area contributed by atoms with Crippen LogP contribution in [0.1, 0.15) is 38.5 Å². The van der Waals surface area contributed by atoms with Crippen molar-refractivity contribution >= 4 is 10.8 Å². The number of unbranched alkanes of at least 4 members (excludes halogenated alkanes) is 4. The van der Waals surface area contributed by atoms with E-state index in [9.17, 15) is 17.4 Å². The first-order valence-electron chi connectivity index (χ1n) is 6.49. The highest BCUT2D eigenvalue weighted by Gasteiger charge is 2.25. The van der Waals surface area contributed by atoms with Crippen LogP contribution in [0.4, 0.5) is 13.2 Å². The Morgan fingerprint density at radius 2 is 1.47 bits per heavy atom. The van der Waals surface area contributed by atoms with Gasteiger partial charge in [0.2, 0.25) is 0 Å². The summed E-state index contributed by atoms with van der Waals surface area (Å²) < 4.78 is 47.5. The summed E-state index contributed by atoms with van der Waals surface area (Å²) in [6, 6.07) is 9.25. The molecule has 108 valence electrons. The molecule has 1 unspecified atom stereocenters. The summed E-state index contributed by atoms with van der Waals surface area (Å²) in [6.07, 6.45) is -1.51. The van der Waals surface area contributed by atoms with Gasteiger partial charge in [0, 0.05) is 17.1 Å². The van der Waals surface area contributed by atoms with Crippen LogP contribution in [-0.2, 0) is 10.8 Å². The molecule has 1 rings (SSSR count). The molecule has 0 fully saturated rings. The predicted molar refractivity (Wildman–Crippen MR) is 71.5 cm³/mol. The fraction of sp³-hybridized carbons (Fsp3) is 0.571. The molecule has 0 spiro atoms. The third kappa shape index (κ3) is 8.03. The molecule has 0 amide bonds. The summed E-state index contributed by atoms with van der Waals surface area (Å²) >= 11 is 0. The van der Waals surface area contributed by atoms with Crippen molar-refractivity contribution in [2.45, 2.75) is 49.6 Å². The van der Waals surface area contributed by atoms with Crippen molar-refractivity contribution in [1.82, 2.24) is 0 Å². The lowest BCUT2D eigenvalue weighted by Gasteiger charge is -2.05. The van der Waals surface area contributed by atoms with E-state index in [0.717, 1.165) is 24.2 Å². The zero-order chi connectivity index (χ0) is 14.1. The number of benzene rings is 1. The first-order valence-corrected chi connectivity index (χ1v) is 7.81. The normalized spacial score (nSPS) is 13.4. The van der Waals surface area contributed by atoms with Crippen molar-refractivity contribution in [3.05, 3.63) is 30.3 Å². The van der Waals surface area contributed by atoms with Crippen molar-refractivity contribution in [3.8, 4) is 0 Å². The predicted octanol–water partition coefficient (Wildman–Crippen LogP) is 4.70. The second-order valence-corrected chi connectivity index (χ2v) is 6.07. The van der Waals surface area contributed by atoms with Gasteiger partial charge in [-0.2, -0.15) is 13.2 Å². The average Bonchev–Trinajstić information content (AvgIpc) is 2.37. The molecule has 1 atom stereocenters. The van der Waals surface area contributed by atoms with Gasteiger partial charge in [0.1, 0.15) is 0 Å². The Morgan fingerprint density at radius 1 is 0.895 bits per heavy atom. The van der Waals surface area contributed by atoms with Crippen LogP contribution in [0.2, 0.25) is 0 Å². The van der Waals surface area contributed by atoms with Gasteiger partial charge in [-0.3, -0.25) is 4.21 Å². The molecule has 0 aliphatic heterocycles. The molecule has 1 nitrogen and oxygen atoms in total. The highest BCUT2D eigenvalue weighted by Crippen LogP contribution is 2.23. The summed E-state index contributed by atoms with van der Waals surface area (Å²) in [7, 11) is -0.985. The van der Waals surface area contributed by atoms with Gasteiger partial charge >= 0.3 is 6.18 Å². The van der Waals surface area contributed by atoms with E-state index in [1.807, 2.05) is 30.3 Å². The Kier molecular flexibility index (Phi) is 7.13. The molecule has 0 aliphatic rings. The minimum atomic E-state index is -4.03. The van der Waals surface area contributed by atoms with Gasteiger partial charge in [-0.1, -0.05) is 37.5 Å². The SMILES string of the molecule is O=S(CCCCCCCC(F)(F)F)c1ccccc1. The molecule has 19 heavy (non-hydrogen) atoms. The summed E-state index contributed by atoms with van der Waals surface area (Å²) in [6.45, 7) is 0. The van der Waals surface area contributed by atoms with Crippen LogP contribution < -0.4 is 0 Å². The van der Waals surface area contributed by atoms with Crippen molar-refractivity contribution in [1.29, 1.82) is 0 Å². The number of halogens is 3. The first kappa shape index (κ1) is 16.2. The summed E-state index contributed by atoms with van der Waals surface area (Å²) in [5, 5.41) is 0. The minimum Gasteiger partial charge on any atom is -0.254 e. The maximum atomic E-state index is 11.9. The van der Waals surface area contributed by atoms with Crippen LogP contribution in [0.25, 0.3) is 0 Å². The van der Waals surface area contributed by atoms with E-state index >= 15 is 0 Å². The molecule has 0 radical (unpaired) electrons. The fourth-order valence-corrected chi connectivity index (χ4v) is 2.94. The van der Waals surface area contributed by atoms with Crippen LogP contribution in [0.15, 0.2) is 35.2 Å². The molecule has 0 aromatic heterocycles. The topological polar surface area (TPSA) is 17.1 Å². The fourth-order valence-electron chi connectivity index (χ4n) is 1.78. The number of hydrogen-bond donors (Lipinski definition) is 0. The largest absolute Gasteiger partial charge is 0.389 e. The molecular formula is C14H19F3OS. The van der Waals surface area contributed by atoms with Crippen LogP contribution in [-0.4, -0.2) is 16.1 Å². The molecule has 0 aliphatic carbocycles. The van der Waals surface area contributed by atoms with Gasteiger partial charge in [0.15, 0.2) is 0 Å². The number of alkyl halides is 3. The summed E-state index contributed by atoms with van der Waals surface area (Å²) in [4.78, 5) is 0.819. The number of hydrogen-bond acceptors (Lipinski definition) is 1.